The zero-order valence-corrected chi connectivity index (χ0v) is 13.0. The molecule has 0 aliphatic rings. The Morgan fingerprint density at radius 2 is 1.61 bits per heavy atom. The molecule has 0 atom stereocenters. The van der Waals surface area contributed by atoms with Gasteiger partial charge in [0.2, 0.25) is 0 Å². The average Bonchev–Trinajstić information content (AvgIpc) is 2.61. The molecule has 0 bridgehead atoms. The second-order valence-corrected chi connectivity index (χ2v) is 5.34. The lowest BCUT2D eigenvalue weighted by atomic mass is 10.0. The van der Waals surface area contributed by atoms with Crippen LogP contribution in [-0.2, 0) is 11.3 Å². The van der Waals surface area contributed by atoms with Crippen molar-refractivity contribution in [3.05, 3.63) is 89.2 Å². The van der Waals surface area contributed by atoms with Crippen LogP contribution < -0.4 is 0 Å². The molecule has 0 aliphatic carbocycles. The first kappa shape index (κ1) is 15.3. The molecular formula is C19H14ClNO2. The predicted molar refractivity (Wildman–Crippen MR) is 90.2 cm³/mol. The van der Waals surface area contributed by atoms with Crippen LogP contribution in [0.4, 0.5) is 0 Å². The van der Waals surface area contributed by atoms with E-state index in [9.17, 15) is 4.79 Å². The molecule has 1 heterocycles. The van der Waals surface area contributed by atoms with Gasteiger partial charge in [-0.05, 0) is 28.8 Å². The summed E-state index contributed by atoms with van der Waals surface area (Å²) in [6.07, 6.45) is 1.53. The minimum atomic E-state index is -0.477. The first-order chi connectivity index (χ1) is 11.2. The molecule has 0 N–H and O–H groups in total. The zero-order valence-electron chi connectivity index (χ0n) is 12.3. The van der Waals surface area contributed by atoms with Crippen LogP contribution in [0.25, 0.3) is 11.1 Å². The zero-order chi connectivity index (χ0) is 16.1. The summed E-state index contributed by atoms with van der Waals surface area (Å²) in [4.78, 5) is 15.8. The first-order valence-corrected chi connectivity index (χ1v) is 7.54. The predicted octanol–water partition coefficient (Wildman–Crippen LogP) is 4.76. The van der Waals surface area contributed by atoms with Gasteiger partial charge in [-0.1, -0.05) is 66.2 Å². The number of benzene rings is 2. The molecule has 0 amide bonds. The molecular weight excluding hydrogens is 310 g/mol. The van der Waals surface area contributed by atoms with E-state index in [0.29, 0.717) is 0 Å². The lowest BCUT2D eigenvalue weighted by Gasteiger charge is -2.07. The van der Waals surface area contributed by atoms with Gasteiger partial charge in [-0.15, -0.1) is 0 Å². The monoisotopic (exact) mass is 323 g/mol. The van der Waals surface area contributed by atoms with E-state index in [-0.39, 0.29) is 17.3 Å². The third kappa shape index (κ3) is 3.76. The summed E-state index contributed by atoms with van der Waals surface area (Å²) in [5.74, 6) is -0.477. The van der Waals surface area contributed by atoms with Crippen LogP contribution in [0.5, 0.6) is 0 Å². The van der Waals surface area contributed by atoms with Crippen molar-refractivity contribution < 1.29 is 9.53 Å². The molecule has 0 aliphatic heterocycles. The van der Waals surface area contributed by atoms with Crippen molar-refractivity contribution >= 4 is 17.6 Å². The van der Waals surface area contributed by atoms with Gasteiger partial charge in [0.1, 0.15) is 11.8 Å². The van der Waals surface area contributed by atoms with Gasteiger partial charge in [-0.2, -0.15) is 0 Å². The number of nitrogens with zero attached hydrogens (tertiary/aromatic N) is 1. The van der Waals surface area contributed by atoms with E-state index < -0.39 is 5.97 Å². The van der Waals surface area contributed by atoms with E-state index in [0.717, 1.165) is 16.7 Å². The Morgan fingerprint density at radius 3 is 2.30 bits per heavy atom. The SMILES string of the molecule is O=C(OCc1ccc(-c2ccccc2)cc1)c1cccnc1Cl. The van der Waals surface area contributed by atoms with Gasteiger partial charge >= 0.3 is 5.97 Å². The van der Waals surface area contributed by atoms with Gasteiger partial charge in [0.05, 0.1) is 5.56 Å². The Bertz CT molecular complexity index is 801. The van der Waals surface area contributed by atoms with E-state index in [1.807, 2.05) is 42.5 Å². The van der Waals surface area contributed by atoms with Crippen LogP contribution in [0.2, 0.25) is 5.15 Å². The summed E-state index contributed by atoms with van der Waals surface area (Å²) in [5, 5.41) is 0.150. The summed E-state index contributed by atoms with van der Waals surface area (Å²) < 4.78 is 5.28. The molecule has 0 spiro atoms. The maximum absolute atomic E-state index is 12.0. The van der Waals surface area contributed by atoms with Crippen molar-refractivity contribution in [1.82, 2.24) is 4.98 Å². The molecule has 0 unspecified atom stereocenters. The minimum Gasteiger partial charge on any atom is -0.457 e. The van der Waals surface area contributed by atoms with Crippen molar-refractivity contribution in [2.24, 2.45) is 0 Å². The van der Waals surface area contributed by atoms with Gasteiger partial charge < -0.3 is 4.74 Å². The molecule has 0 fully saturated rings. The Labute approximate surface area is 139 Å². The van der Waals surface area contributed by atoms with Gasteiger partial charge in [0, 0.05) is 6.20 Å². The molecule has 0 saturated carbocycles. The van der Waals surface area contributed by atoms with E-state index in [1.165, 1.54) is 6.20 Å². The largest absolute Gasteiger partial charge is 0.457 e. The summed E-state index contributed by atoms with van der Waals surface area (Å²) in [6, 6.07) is 21.3. The number of esters is 1. The number of carbonyl (C=O) groups excluding carboxylic acids is 1. The molecule has 0 radical (unpaired) electrons. The third-order valence-corrected chi connectivity index (χ3v) is 3.71. The fourth-order valence-corrected chi connectivity index (χ4v) is 2.39. The lowest BCUT2D eigenvalue weighted by Crippen LogP contribution is -2.06. The number of hydrogen-bond donors (Lipinski definition) is 0. The van der Waals surface area contributed by atoms with E-state index in [4.69, 9.17) is 16.3 Å². The normalized spacial score (nSPS) is 10.3. The molecule has 4 heteroatoms. The smallest absolute Gasteiger partial charge is 0.341 e. The molecule has 1 aromatic heterocycles. The topological polar surface area (TPSA) is 39.2 Å². The minimum absolute atomic E-state index is 0.150. The van der Waals surface area contributed by atoms with Crippen molar-refractivity contribution in [3.8, 4) is 11.1 Å². The van der Waals surface area contributed by atoms with Crippen molar-refractivity contribution in [2.75, 3.05) is 0 Å². The third-order valence-electron chi connectivity index (χ3n) is 3.41. The van der Waals surface area contributed by atoms with E-state index in [1.54, 1.807) is 12.1 Å². The highest BCUT2D eigenvalue weighted by atomic mass is 35.5. The Morgan fingerprint density at radius 1 is 0.913 bits per heavy atom. The fraction of sp³-hybridized carbons (Fsp3) is 0.0526. The van der Waals surface area contributed by atoms with Gasteiger partial charge in [0.25, 0.3) is 0 Å². The Hall–Kier alpha value is -2.65. The Balaban J connectivity index is 1.65. The van der Waals surface area contributed by atoms with Crippen LogP contribution in [0, 0.1) is 0 Å². The molecule has 3 aromatic rings. The standard InChI is InChI=1S/C19H14ClNO2/c20-18-17(7-4-12-21-18)19(22)23-13-14-8-10-16(11-9-14)15-5-2-1-3-6-15/h1-12H,13H2. The maximum atomic E-state index is 12.0. The number of hydrogen-bond acceptors (Lipinski definition) is 3. The van der Waals surface area contributed by atoms with Crippen LogP contribution in [0.3, 0.4) is 0 Å². The maximum Gasteiger partial charge on any atom is 0.341 e. The summed E-state index contributed by atoms with van der Waals surface area (Å²) in [5.41, 5.74) is 3.46. The second-order valence-electron chi connectivity index (χ2n) is 4.98. The number of carbonyl (C=O) groups is 1. The molecule has 3 rings (SSSR count). The Kier molecular flexibility index (Phi) is 4.69. The summed E-state index contributed by atoms with van der Waals surface area (Å²) >= 11 is 5.88. The molecule has 3 nitrogen and oxygen atoms in total. The van der Waals surface area contributed by atoms with Crippen molar-refractivity contribution in [2.45, 2.75) is 6.61 Å². The fourth-order valence-electron chi connectivity index (χ4n) is 2.19. The number of pyridine rings is 1. The van der Waals surface area contributed by atoms with E-state index >= 15 is 0 Å². The van der Waals surface area contributed by atoms with Gasteiger partial charge in [0.15, 0.2) is 0 Å². The molecule has 0 saturated heterocycles. The molecule has 114 valence electrons. The summed E-state index contributed by atoms with van der Waals surface area (Å²) in [7, 11) is 0. The second kappa shape index (κ2) is 7.07. The highest BCUT2D eigenvalue weighted by Gasteiger charge is 2.12. The van der Waals surface area contributed by atoms with Crippen LogP contribution in [-0.4, -0.2) is 11.0 Å². The van der Waals surface area contributed by atoms with Gasteiger partial charge in [-0.25, -0.2) is 9.78 Å². The highest BCUT2D eigenvalue weighted by Crippen LogP contribution is 2.20. The average molecular weight is 324 g/mol. The summed E-state index contributed by atoms with van der Waals surface area (Å²) in [6.45, 7) is 0.194. The molecule has 2 aromatic carbocycles. The number of halogens is 1. The number of rotatable bonds is 4. The van der Waals surface area contributed by atoms with Crippen molar-refractivity contribution in [3.63, 3.8) is 0 Å². The van der Waals surface area contributed by atoms with Crippen LogP contribution in [0.15, 0.2) is 72.9 Å². The lowest BCUT2D eigenvalue weighted by molar-refractivity contribution is 0.0472. The molecule has 23 heavy (non-hydrogen) atoms. The van der Waals surface area contributed by atoms with E-state index in [2.05, 4.69) is 17.1 Å². The first-order valence-electron chi connectivity index (χ1n) is 7.16. The van der Waals surface area contributed by atoms with Gasteiger partial charge in [-0.3, -0.25) is 0 Å². The van der Waals surface area contributed by atoms with Crippen molar-refractivity contribution in [1.29, 1.82) is 0 Å². The quantitative estimate of drug-likeness (QED) is 0.513. The van der Waals surface area contributed by atoms with Crippen LogP contribution in [0.1, 0.15) is 15.9 Å². The number of ether oxygens (including phenoxy) is 1. The van der Waals surface area contributed by atoms with Crippen LogP contribution >= 0.6 is 11.6 Å². The highest BCUT2D eigenvalue weighted by molar-refractivity contribution is 6.32. The number of aromatic nitrogens is 1.